The average Bonchev–Trinajstić information content (AvgIpc) is 3.51. The Hall–Kier alpha value is -4.17. The van der Waals surface area contributed by atoms with Crippen molar-refractivity contribution in [2.24, 2.45) is 0 Å². The molecule has 9 heteroatoms. The fourth-order valence-corrected chi connectivity index (χ4v) is 4.81. The van der Waals surface area contributed by atoms with E-state index < -0.39 is 0 Å². The number of benzene rings is 2. The van der Waals surface area contributed by atoms with Crippen molar-refractivity contribution in [2.45, 2.75) is 13.0 Å². The smallest absolute Gasteiger partial charge is 0.290 e. The summed E-state index contributed by atoms with van der Waals surface area (Å²) in [5, 5.41) is 9.39. The molecule has 0 aliphatic carbocycles. The highest BCUT2D eigenvalue weighted by Crippen LogP contribution is 2.27. The molecule has 1 unspecified atom stereocenters. The molecule has 0 saturated carbocycles. The van der Waals surface area contributed by atoms with Gasteiger partial charge in [0.25, 0.3) is 5.91 Å². The van der Waals surface area contributed by atoms with Crippen molar-refractivity contribution < 1.29 is 14.0 Å². The minimum Gasteiger partial charge on any atom is -0.459 e. The molecule has 0 N–H and O–H groups in total. The number of rotatable bonds is 7. The van der Waals surface area contributed by atoms with Crippen molar-refractivity contribution in [1.82, 2.24) is 20.0 Å². The number of hydrogen-bond donors (Lipinski definition) is 0. The molecule has 1 aliphatic rings. The zero-order valence-corrected chi connectivity index (χ0v) is 21.8. The fourth-order valence-electron chi connectivity index (χ4n) is 4.58. The van der Waals surface area contributed by atoms with Crippen LogP contribution in [-0.2, 0) is 4.79 Å². The average molecular weight is 530 g/mol. The quantitative estimate of drug-likeness (QED) is 0.337. The van der Waals surface area contributed by atoms with Crippen molar-refractivity contribution in [1.29, 1.82) is 0 Å². The van der Waals surface area contributed by atoms with E-state index in [2.05, 4.69) is 15.1 Å². The summed E-state index contributed by atoms with van der Waals surface area (Å²) in [5.41, 5.74) is 2.49. The zero-order valence-electron chi connectivity index (χ0n) is 21.0. The van der Waals surface area contributed by atoms with Gasteiger partial charge in [0, 0.05) is 31.7 Å². The molecule has 2 amide bonds. The molecule has 3 heterocycles. The minimum absolute atomic E-state index is 0.0398. The fraction of sp³-hybridized carbons (Fsp3) is 0.241. The van der Waals surface area contributed by atoms with E-state index in [4.69, 9.17) is 16.0 Å². The highest BCUT2D eigenvalue weighted by molar-refractivity contribution is 6.33. The minimum atomic E-state index is -0.313. The van der Waals surface area contributed by atoms with Gasteiger partial charge in [-0.2, -0.15) is 0 Å². The van der Waals surface area contributed by atoms with E-state index in [0.717, 1.165) is 16.9 Å². The van der Waals surface area contributed by atoms with Gasteiger partial charge < -0.3 is 19.1 Å². The van der Waals surface area contributed by atoms with Gasteiger partial charge in [0.05, 0.1) is 23.0 Å². The molecule has 5 rings (SSSR count). The molecule has 194 valence electrons. The van der Waals surface area contributed by atoms with Gasteiger partial charge in [-0.25, -0.2) is 0 Å². The van der Waals surface area contributed by atoms with E-state index in [-0.39, 0.29) is 30.2 Å². The molecule has 2 aromatic carbocycles. The summed E-state index contributed by atoms with van der Waals surface area (Å²) < 4.78 is 5.35. The highest BCUT2D eigenvalue weighted by Gasteiger charge is 2.30. The maximum Gasteiger partial charge on any atom is 0.290 e. The molecule has 0 radical (unpaired) electrons. The normalized spacial score (nSPS) is 14.3. The van der Waals surface area contributed by atoms with Gasteiger partial charge in [-0.05, 0) is 42.8 Å². The Morgan fingerprint density at radius 2 is 1.66 bits per heavy atom. The number of aromatic nitrogens is 2. The van der Waals surface area contributed by atoms with Crippen LogP contribution in [0.25, 0.3) is 11.3 Å². The predicted octanol–water partition coefficient (Wildman–Crippen LogP) is 4.94. The molecular formula is C29H28ClN5O3. The summed E-state index contributed by atoms with van der Waals surface area (Å²) in [7, 11) is 0. The third kappa shape index (κ3) is 5.55. The molecule has 0 spiro atoms. The van der Waals surface area contributed by atoms with Gasteiger partial charge in [0.15, 0.2) is 11.6 Å². The van der Waals surface area contributed by atoms with Crippen LogP contribution in [-0.4, -0.2) is 64.5 Å². The largest absolute Gasteiger partial charge is 0.459 e. The Labute approximate surface area is 226 Å². The molecule has 1 aliphatic heterocycles. The number of carbonyl (C=O) groups excluding carboxylic acids is 2. The van der Waals surface area contributed by atoms with Crippen molar-refractivity contribution >= 4 is 29.2 Å². The molecule has 0 bridgehead atoms. The number of nitrogens with zero attached hydrogens (tertiary/aromatic N) is 5. The number of furan rings is 1. The molecule has 8 nitrogen and oxygen atoms in total. The predicted molar refractivity (Wildman–Crippen MR) is 146 cm³/mol. The van der Waals surface area contributed by atoms with Crippen molar-refractivity contribution in [3.05, 3.63) is 101 Å². The van der Waals surface area contributed by atoms with Gasteiger partial charge in [0.2, 0.25) is 5.91 Å². The lowest BCUT2D eigenvalue weighted by atomic mass is 10.1. The van der Waals surface area contributed by atoms with Crippen molar-refractivity contribution in [3.8, 4) is 11.3 Å². The summed E-state index contributed by atoms with van der Waals surface area (Å²) >= 11 is 6.29. The van der Waals surface area contributed by atoms with Gasteiger partial charge in [-0.15, -0.1) is 10.2 Å². The van der Waals surface area contributed by atoms with Crippen LogP contribution in [0.2, 0.25) is 5.02 Å². The lowest BCUT2D eigenvalue weighted by molar-refractivity contribution is -0.132. The SMILES string of the molecule is CC(c1ccccc1)N(CC(=O)N1CCN(c2ccc(-c3ccccc3Cl)nn2)CC1)C(=O)c1ccco1. The Morgan fingerprint density at radius 3 is 2.32 bits per heavy atom. The summed E-state index contributed by atoms with van der Waals surface area (Å²) in [6, 6.07) is 24.0. The molecule has 1 fully saturated rings. The second-order valence-corrected chi connectivity index (χ2v) is 9.53. The van der Waals surface area contributed by atoms with Crippen molar-refractivity contribution in [2.75, 3.05) is 37.6 Å². The number of halogens is 1. The maximum absolute atomic E-state index is 13.3. The van der Waals surface area contributed by atoms with Gasteiger partial charge >= 0.3 is 0 Å². The second-order valence-electron chi connectivity index (χ2n) is 9.12. The van der Waals surface area contributed by atoms with Crippen molar-refractivity contribution in [3.63, 3.8) is 0 Å². The Kier molecular flexibility index (Phi) is 7.70. The second kappa shape index (κ2) is 11.5. The summed E-state index contributed by atoms with van der Waals surface area (Å²) in [6.07, 6.45) is 1.46. The lowest BCUT2D eigenvalue weighted by Crippen LogP contribution is -2.52. The summed E-state index contributed by atoms with van der Waals surface area (Å²) in [6.45, 7) is 4.16. The van der Waals surface area contributed by atoms with E-state index in [1.54, 1.807) is 21.9 Å². The summed E-state index contributed by atoms with van der Waals surface area (Å²) in [5.74, 6) is 0.546. The summed E-state index contributed by atoms with van der Waals surface area (Å²) in [4.78, 5) is 32.1. The molecule has 2 aromatic heterocycles. The first-order valence-corrected chi connectivity index (χ1v) is 12.9. The number of hydrogen-bond acceptors (Lipinski definition) is 6. The molecular weight excluding hydrogens is 502 g/mol. The number of anilines is 1. The van der Waals surface area contributed by atoms with E-state index in [0.29, 0.717) is 36.9 Å². The third-order valence-corrected chi connectivity index (χ3v) is 7.13. The lowest BCUT2D eigenvalue weighted by Gasteiger charge is -2.37. The molecule has 1 atom stereocenters. The molecule has 1 saturated heterocycles. The topological polar surface area (TPSA) is 82.8 Å². The number of carbonyl (C=O) groups is 2. The van der Waals surface area contributed by atoms with Crippen LogP contribution in [0, 0.1) is 0 Å². The first kappa shape index (κ1) is 25.5. The van der Waals surface area contributed by atoms with E-state index in [9.17, 15) is 9.59 Å². The van der Waals surface area contributed by atoms with E-state index in [1.807, 2.05) is 73.7 Å². The Bertz CT molecular complexity index is 1370. The van der Waals surface area contributed by atoms with E-state index in [1.165, 1.54) is 6.26 Å². The maximum atomic E-state index is 13.3. The van der Waals surface area contributed by atoms with Gasteiger partial charge in [0.1, 0.15) is 6.54 Å². The van der Waals surface area contributed by atoms with Crippen LogP contribution in [0.15, 0.2) is 89.5 Å². The number of piperazine rings is 1. The monoisotopic (exact) mass is 529 g/mol. The Balaban J connectivity index is 1.23. The first-order valence-electron chi connectivity index (χ1n) is 12.5. The van der Waals surface area contributed by atoms with Crippen LogP contribution in [0.4, 0.5) is 5.82 Å². The Morgan fingerprint density at radius 1 is 0.921 bits per heavy atom. The molecule has 4 aromatic rings. The first-order chi connectivity index (χ1) is 18.5. The van der Waals surface area contributed by atoms with Crippen LogP contribution < -0.4 is 4.90 Å². The third-order valence-electron chi connectivity index (χ3n) is 6.80. The molecule has 38 heavy (non-hydrogen) atoms. The standard InChI is InChI=1S/C29H28ClN5O3/c1-21(22-8-3-2-4-9-22)35(29(37)26-12-7-19-38-26)20-28(36)34-17-15-33(16-18-34)27-14-13-25(31-32-27)23-10-5-6-11-24(23)30/h2-14,19,21H,15-18,20H2,1H3. The number of amides is 2. The van der Waals surface area contributed by atoms with E-state index >= 15 is 0 Å². The van der Waals surface area contributed by atoms with Crippen LogP contribution in [0.1, 0.15) is 29.1 Å². The highest BCUT2D eigenvalue weighted by atomic mass is 35.5. The van der Waals surface area contributed by atoms with Gasteiger partial charge in [-0.3, -0.25) is 9.59 Å². The van der Waals surface area contributed by atoms with Crippen LogP contribution >= 0.6 is 11.6 Å². The zero-order chi connectivity index (χ0) is 26.5. The van der Waals surface area contributed by atoms with Crippen LogP contribution in [0.5, 0.6) is 0 Å². The van der Waals surface area contributed by atoms with Crippen LogP contribution in [0.3, 0.4) is 0 Å². The van der Waals surface area contributed by atoms with Gasteiger partial charge in [-0.1, -0.05) is 60.1 Å².